The third-order valence-electron chi connectivity index (χ3n) is 4.76. The number of hydrogen-bond acceptors (Lipinski definition) is 1. The highest BCUT2D eigenvalue weighted by Crippen LogP contribution is 2.41. The van der Waals surface area contributed by atoms with Crippen LogP contribution in [0.1, 0.15) is 51.1 Å². The van der Waals surface area contributed by atoms with Crippen molar-refractivity contribution >= 4 is 0 Å². The summed E-state index contributed by atoms with van der Waals surface area (Å²) >= 11 is 0. The molecule has 1 fully saturated rings. The molecule has 0 bridgehead atoms. The number of hydrogen-bond donors (Lipinski definition) is 1. The van der Waals surface area contributed by atoms with Gasteiger partial charge in [0.25, 0.3) is 0 Å². The number of rotatable bonds is 5. The first-order valence-corrected chi connectivity index (χ1v) is 8.18. The highest BCUT2D eigenvalue weighted by atomic mass is 14.9. The lowest BCUT2D eigenvalue weighted by molar-refractivity contribution is 0.350. The van der Waals surface area contributed by atoms with Crippen molar-refractivity contribution < 1.29 is 0 Å². The van der Waals surface area contributed by atoms with Gasteiger partial charge in [-0.2, -0.15) is 0 Å². The number of allylic oxidation sites excluding steroid dienone is 2. The molecule has 1 N–H and O–H groups in total. The van der Waals surface area contributed by atoms with Gasteiger partial charge in [-0.05, 0) is 62.5 Å². The van der Waals surface area contributed by atoms with Crippen molar-refractivity contribution in [3.8, 4) is 0 Å². The minimum absolute atomic E-state index is 0.581. The molecule has 0 saturated heterocycles. The van der Waals surface area contributed by atoms with Gasteiger partial charge >= 0.3 is 0 Å². The van der Waals surface area contributed by atoms with E-state index in [9.17, 15) is 0 Å². The van der Waals surface area contributed by atoms with Crippen LogP contribution < -0.4 is 5.32 Å². The van der Waals surface area contributed by atoms with Crippen LogP contribution in [0.5, 0.6) is 0 Å². The van der Waals surface area contributed by atoms with Crippen LogP contribution >= 0.6 is 0 Å². The van der Waals surface area contributed by atoms with Gasteiger partial charge in [0.15, 0.2) is 0 Å². The zero-order valence-corrected chi connectivity index (χ0v) is 12.8. The fraction of sp³-hybridized carbons (Fsp3) is 0.579. The first-order valence-electron chi connectivity index (χ1n) is 8.18. The van der Waals surface area contributed by atoms with E-state index in [2.05, 4.69) is 55.6 Å². The summed E-state index contributed by atoms with van der Waals surface area (Å²) in [5.41, 5.74) is 3.06. The first-order chi connectivity index (χ1) is 9.72. The Hall–Kier alpha value is -1.08. The summed E-state index contributed by atoms with van der Waals surface area (Å²) in [5.74, 6) is 2.45. The largest absolute Gasteiger partial charge is 0.309 e. The summed E-state index contributed by atoms with van der Waals surface area (Å²) in [6.07, 6.45) is 7.87. The van der Waals surface area contributed by atoms with E-state index in [4.69, 9.17) is 0 Å². The van der Waals surface area contributed by atoms with Crippen molar-refractivity contribution in [3.05, 3.63) is 47.5 Å². The molecule has 0 spiro atoms. The highest BCUT2D eigenvalue weighted by Gasteiger charge is 2.32. The van der Waals surface area contributed by atoms with Gasteiger partial charge in [0.2, 0.25) is 0 Å². The van der Waals surface area contributed by atoms with E-state index in [1.807, 2.05) is 0 Å². The maximum atomic E-state index is 3.88. The number of nitrogens with one attached hydrogen (secondary N) is 1. The topological polar surface area (TPSA) is 12.0 Å². The van der Waals surface area contributed by atoms with Gasteiger partial charge in [0, 0.05) is 6.04 Å². The Balaban J connectivity index is 1.60. The third kappa shape index (κ3) is 3.52. The molecule has 1 aromatic rings. The molecule has 1 saturated carbocycles. The molecule has 0 amide bonds. The molecule has 3 unspecified atom stereocenters. The summed E-state index contributed by atoms with van der Waals surface area (Å²) < 4.78 is 0. The maximum absolute atomic E-state index is 3.88. The van der Waals surface area contributed by atoms with Gasteiger partial charge in [0.05, 0.1) is 0 Å². The van der Waals surface area contributed by atoms with Crippen molar-refractivity contribution in [2.75, 3.05) is 6.54 Å². The van der Waals surface area contributed by atoms with Gasteiger partial charge in [-0.15, -0.1) is 0 Å². The molecule has 0 aliphatic heterocycles. The first kappa shape index (κ1) is 13.9. The van der Waals surface area contributed by atoms with Gasteiger partial charge in [-0.25, -0.2) is 0 Å². The summed E-state index contributed by atoms with van der Waals surface area (Å²) in [7, 11) is 0. The fourth-order valence-corrected chi connectivity index (χ4v) is 3.78. The lowest BCUT2D eigenvalue weighted by Gasteiger charge is -2.28. The molecule has 20 heavy (non-hydrogen) atoms. The van der Waals surface area contributed by atoms with E-state index in [1.165, 1.54) is 37.8 Å². The fourth-order valence-electron chi connectivity index (χ4n) is 3.78. The summed E-state index contributed by atoms with van der Waals surface area (Å²) in [6, 6.07) is 11.6. The van der Waals surface area contributed by atoms with Gasteiger partial charge < -0.3 is 5.32 Å². The van der Waals surface area contributed by atoms with Crippen LogP contribution in [0.2, 0.25) is 0 Å². The SMILES string of the molecule is CC1=CC(C)CC(CNC(c2ccccc2)C2CC2)C1. The second-order valence-corrected chi connectivity index (χ2v) is 6.93. The standard InChI is InChI=1S/C19H27N/c1-14-10-15(2)12-16(11-14)13-20-19(18-8-9-18)17-6-4-3-5-7-17/h3-7,10,14,16,18-20H,8-9,11-13H2,1-2H3. The van der Waals surface area contributed by atoms with Gasteiger partial charge in [0.1, 0.15) is 0 Å². The third-order valence-corrected chi connectivity index (χ3v) is 4.76. The molecule has 0 heterocycles. The van der Waals surface area contributed by atoms with Crippen molar-refractivity contribution in [2.45, 2.75) is 45.6 Å². The predicted octanol–water partition coefficient (Wildman–Crippen LogP) is 4.72. The molecule has 1 heteroatoms. The Morgan fingerprint density at radius 1 is 1.20 bits per heavy atom. The molecule has 3 atom stereocenters. The summed E-state index contributed by atoms with van der Waals surface area (Å²) in [6.45, 7) is 5.81. The average molecular weight is 269 g/mol. The van der Waals surface area contributed by atoms with Crippen LogP contribution in [0.25, 0.3) is 0 Å². The Morgan fingerprint density at radius 2 is 1.95 bits per heavy atom. The Bertz CT molecular complexity index is 458. The summed E-state index contributed by atoms with van der Waals surface area (Å²) in [5, 5.41) is 3.88. The lowest BCUT2D eigenvalue weighted by Crippen LogP contribution is -2.30. The van der Waals surface area contributed by atoms with Crippen LogP contribution in [-0.4, -0.2) is 6.54 Å². The summed E-state index contributed by atoms with van der Waals surface area (Å²) in [4.78, 5) is 0. The van der Waals surface area contributed by atoms with Crippen LogP contribution in [0.15, 0.2) is 42.0 Å². The van der Waals surface area contributed by atoms with Crippen LogP contribution in [-0.2, 0) is 0 Å². The van der Waals surface area contributed by atoms with Crippen molar-refractivity contribution in [1.82, 2.24) is 5.32 Å². The molecule has 108 valence electrons. The van der Waals surface area contributed by atoms with E-state index in [-0.39, 0.29) is 0 Å². The molecule has 0 radical (unpaired) electrons. The van der Waals surface area contributed by atoms with Crippen molar-refractivity contribution in [2.24, 2.45) is 17.8 Å². The normalized spacial score (nSPS) is 28.0. The van der Waals surface area contributed by atoms with Crippen LogP contribution in [0, 0.1) is 17.8 Å². The van der Waals surface area contributed by atoms with Gasteiger partial charge in [-0.3, -0.25) is 0 Å². The van der Waals surface area contributed by atoms with Crippen LogP contribution in [0.4, 0.5) is 0 Å². The molecule has 0 aromatic heterocycles. The van der Waals surface area contributed by atoms with Crippen molar-refractivity contribution in [3.63, 3.8) is 0 Å². The van der Waals surface area contributed by atoms with E-state index in [0.29, 0.717) is 6.04 Å². The highest BCUT2D eigenvalue weighted by molar-refractivity contribution is 5.21. The molecular formula is C19H27N. The quantitative estimate of drug-likeness (QED) is 0.763. The van der Waals surface area contributed by atoms with Gasteiger partial charge in [-0.1, -0.05) is 48.9 Å². The number of benzene rings is 1. The Morgan fingerprint density at radius 3 is 2.60 bits per heavy atom. The lowest BCUT2D eigenvalue weighted by atomic mass is 9.83. The molecule has 3 rings (SSSR count). The molecule has 1 nitrogen and oxygen atoms in total. The second-order valence-electron chi connectivity index (χ2n) is 6.93. The minimum atomic E-state index is 0.581. The zero-order valence-electron chi connectivity index (χ0n) is 12.8. The Kier molecular flexibility index (Phi) is 4.26. The predicted molar refractivity (Wildman–Crippen MR) is 85.6 cm³/mol. The smallest absolute Gasteiger partial charge is 0.0348 e. The minimum Gasteiger partial charge on any atom is -0.309 e. The zero-order chi connectivity index (χ0) is 13.9. The van der Waals surface area contributed by atoms with E-state index in [0.717, 1.165) is 17.8 Å². The van der Waals surface area contributed by atoms with E-state index in [1.54, 1.807) is 5.57 Å². The average Bonchev–Trinajstić information content (AvgIpc) is 3.24. The monoisotopic (exact) mass is 269 g/mol. The van der Waals surface area contributed by atoms with E-state index >= 15 is 0 Å². The van der Waals surface area contributed by atoms with Crippen LogP contribution in [0.3, 0.4) is 0 Å². The van der Waals surface area contributed by atoms with Crippen molar-refractivity contribution in [1.29, 1.82) is 0 Å². The Labute approximate surface area is 123 Å². The molecule has 1 aromatic carbocycles. The molecule has 2 aliphatic rings. The maximum Gasteiger partial charge on any atom is 0.0348 e. The molecule has 2 aliphatic carbocycles. The molecular weight excluding hydrogens is 242 g/mol. The van der Waals surface area contributed by atoms with E-state index < -0.39 is 0 Å². The second kappa shape index (κ2) is 6.13.